The van der Waals surface area contributed by atoms with E-state index in [-0.39, 0.29) is 0 Å². The Bertz CT molecular complexity index is 1590. The van der Waals surface area contributed by atoms with Gasteiger partial charge in [-0.3, -0.25) is 0 Å². The number of benzene rings is 5. The lowest BCUT2D eigenvalue weighted by Gasteiger charge is -2.10. The Morgan fingerprint density at radius 1 is 0.380 bits per heavy atom. The third kappa shape index (κ3) is 10.6. The lowest BCUT2D eigenvalue weighted by molar-refractivity contribution is 0.299. The van der Waals surface area contributed by atoms with Crippen molar-refractivity contribution in [1.29, 1.82) is 0 Å². The Morgan fingerprint density at radius 2 is 0.680 bits per heavy atom. The average Bonchev–Trinajstić information content (AvgIpc) is 4.12. The fourth-order valence-electron chi connectivity index (χ4n) is 5.84. The van der Waals surface area contributed by atoms with Crippen molar-refractivity contribution in [2.24, 2.45) is 0 Å². The molecule has 0 aromatic heterocycles. The van der Waals surface area contributed by atoms with Crippen LogP contribution in [0.3, 0.4) is 0 Å². The second-order valence-electron chi connectivity index (χ2n) is 13.1. The molecule has 50 heavy (non-hydrogen) atoms. The molecule has 6 heteroatoms. The van der Waals surface area contributed by atoms with Gasteiger partial charge >= 0.3 is 0 Å². The number of epoxide rings is 2. The fourth-order valence-corrected chi connectivity index (χ4v) is 5.84. The number of hydrogen-bond donors (Lipinski definition) is 0. The first-order chi connectivity index (χ1) is 24.7. The normalized spacial score (nSPS) is 16.1. The molecule has 0 aliphatic carbocycles. The maximum Gasteiger partial charge on any atom is 0.119 e. The van der Waals surface area contributed by atoms with Gasteiger partial charge in [0.2, 0.25) is 0 Å². The molecule has 2 heterocycles. The van der Waals surface area contributed by atoms with E-state index in [4.69, 9.17) is 28.4 Å². The van der Waals surface area contributed by atoms with Gasteiger partial charge in [-0.25, -0.2) is 0 Å². The molecule has 0 N–H and O–H groups in total. The van der Waals surface area contributed by atoms with Gasteiger partial charge < -0.3 is 28.4 Å². The van der Waals surface area contributed by atoms with Gasteiger partial charge in [-0.2, -0.15) is 0 Å². The highest BCUT2D eigenvalue weighted by atomic mass is 16.6. The van der Waals surface area contributed by atoms with E-state index in [1.54, 1.807) is 0 Å². The number of rotatable bonds is 20. The zero-order valence-corrected chi connectivity index (χ0v) is 28.6. The minimum Gasteiger partial charge on any atom is -0.494 e. The lowest BCUT2D eigenvalue weighted by atomic mass is 10.1. The minimum absolute atomic E-state index is 0.504. The summed E-state index contributed by atoms with van der Waals surface area (Å²) in [5.74, 6) is 3.51. The largest absolute Gasteiger partial charge is 0.494 e. The standard InChI is InChI=1S/C44H46O6/c1(5-43-31-49-43)3-27-45-39-19-11-35(12-20-39)37-15-23-41(24-16-37)47-29-33-7-9-34(10-8-33)30-48-42-25-17-38(18-26-42)36-13-21-40(22-14-36)46-28-4-2-6-44-32-50-44/h7-26,43-44H,1-6,27-32H2. The monoisotopic (exact) mass is 670 g/mol. The lowest BCUT2D eigenvalue weighted by Crippen LogP contribution is -1.98. The van der Waals surface area contributed by atoms with Gasteiger partial charge in [0.05, 0.1) is 38.6 Å². The van der Waals surface area contributed by atoms with Crippen LogP contribution in [0.2, 0.25) is 0 Å². The zero-order valence-electron chi connectivity index (χ0n) is 28.6. The predicted molar refractivity (Wildman–Crippen MR) is 197 cm³/mol. The van der Waals surface area contributed by atoms with E-state index in [0.29, 0.717) is 25.4 Å². The number of hydrogen-bond acceptors (Lipinski definition) is 6. The van der Waals surface area contributed by atoms with Crippen molar-refractivity contribution in [2.45, 2.75) is 63.9 Å². The van der Waals surface area contributed by atoms with Crippen molar-refractivity contribution < 1.29 is 28.4 Å². The zero-order chi connectivity index (χ0) is 33.8. The highest BCUT2D eigenvalue weighted by Crippen LogP contribution is 2.27. The molecule has 2 unspecified atom stereocenters. The maximum absolute atomic E-state index is 6.07. The van der Waals surface area contributed by atoms with E-state index < -0.39 is 0 Å². The second kappa shape index (κ2) is 17.2. The molecule has 2 aliphatic heterocycles. The number of ether oxygens (including phenoxy) is 6. The summed E-state index contributed by atoms with van der Waals surface area (Å²) in [5, 5.41) is 0. The quantitative estimate of drug-likeness (QED) is 0.0607. The van der Waals surface area contributed by atoms with E-state index in [0.717, 1.165) is 121 Å². The Balaban J connectivity index is 0.802. The maximum atomic E-state index is 6.07. The van der Waals surface area contributed by atoms with E-state index in [1.807, 2.05) is 48.5 Å². The van der Waals surface area contributed by atoms with Gasteiger partial charge in [0.15, 0.2) is 0 Å². The molecule has 0 bridgehead atoms. The topological polar surface area (TPSA) is 62.0 Å². The van der Waals surface area contributed by atoms with Crippen LogP contribution >= 0.6 is 0 Å². The smallest absolute Gasteiger partial charge is 0.119 e. The second-order valence-corrected chi connectivity index (χ2v) is 13.1. The molecular weight excluding hydrogens is 624 g/mol. The van der Waals surface area contributed by atoms with Crippen molar-refractivity contribution in [3.63, 3.8) is 0 Å². The van der Waals surface area contributed by atoms with E-state index >= 15 is 0 Å². The van der Waals surface area contributed by atoms with Crippen LogP contribution in [-0.2, 0) is 22.7 Å². The van der Waals surface area contributed by atoms with Crippen molar-refractivity contribution in [3.8, 4) is 45.3 Å². The van der Waals surface area contributed by atoms with Gasteiger partial charge in [-0.05, 0) is 120 Å². The molecule has 0 amide bonds. The molecule has 258 valence electrons. The van der Waals surface area contributed by atoms with Crippen LogP contribution in [0.15, 0.2) is 121 Å². The predicted octanol–water partition coefficient (Wildman–Crippen LogP) is 10.1. The SMILES string of the molecule is c1cc(COc2ccc(-c3ccc(OCCCCC4CO4)cc3)cc2)ccc1COc1ccc(-c2ccc(OCCCCC3CO3)cc2)cc1. The minimum atomic E-state index is 0.504. The van der Waals surface area contributed by atoms with E-state index in [9.17, 15) is 0 Å². The van der Waals surface area contributed by atoms with Crippen LogP contribution in [0, 0.1) is 0 Å². The summed E-state index contributed by atoms with van der Waals surface area (Å²) in [6.07, 6.45) is 7.72. The third-order valence-electron chi connectivity index (χ3n) is 9.10. The average molecular weight is 671 g/mol. The summed E-state index contributed by atoms with van der Waals surface area (Å²) >= 11 is 0. The van der Waals surface area contributed by atoms with Crippen molar-refractivity contribution in [3.05, 3.63) is 132 Å². The van der Waals surface area contributed by atoms with Crippen molar-refractivity contribution in [1.82, 2.24) is 0 Å². The van der Waals surface area contributed by atoms with Gasteiger partial charge in [0.25, 0.3) is 0 Å². The molecule has 5 aromatic carbocycles. The third-order valence-corrected chi connectivity index (χ3v) is 9.10. The molecule has 0 radical (unpaired) electrons. The Labute approximate surface area is 295 Å². The van der Waals surface area contributed by atoms with Gasteiger partial charge in [0.1, 0.15) is 36.2 Å². The summed E-state index contributed by atoms with van der Waals surface area (Å²) < 4.78 is 34.5. The molecule has 0 saturated carbocycles. The van der Waals surface area contributed by atoms with Crippen LogP contribution in [0.25, 0.3) is 22.3 Å². The highest BCUT2D eigenvalue weighted by molar-refractivity contribution is 5.65. The van der Waals surface area contributed by atoms with Crippen molar-refractivity contribution in [2.75, 3.05) is 26.4 Å². The van der Waals surface area contributed by atoms with Crippen molar-refractivity contribution >= 4 is 0 Å². The van der Waals surface area contributed by atoms with Gasteiger partial charge in [0, 0.05) is 0 Å². The fraction of sp³-hybridized carbons (Fsp3) is 0.318. The van der Waals surface area contributed by atoms with Gasteiger partial charge in [-0.15, -0.1) is 0 Å². The first kappa shape index (κ1) is 33.7. The van der Waals surface area contributed by atoms with E-state index in [2.05, 4.69) is 72.8 Å². The highest BCUT2D eigenvalue weighted by Gasteiger charge is 2.21. The van der Waals surface area contributed by atoms with E-state index in [1.165, 1.54) is 0 Å². The summed E-state index contributed by atoms with van der Waals surface area (Å²) in [6, 6.07) is 41.5. The number of unbranched alkanes of at least 4 members (excludes halogenated alkanes) is 2. The van der Waals surface area contributed by atoms with Crippen LogP contribution < -0.4 is 18.9 Å². The Kier molecular flexibility index (Phi) is 11.6. The molecule has 6 nitrogen and oxygen atoms in total. The van der Waals surface area contributed by atoms with Gasteiger partial charge in [-0.1, -0.05) is 72.8 Å². The molecule has 7 rings (SSSR count). The molecule has 2 fully saturated rings. The van der Waals surface area contributed by atoms with Crippen LogP contribution in [0.5, 0.6) is 23.0 Å². The summed E-state index contributed by atoms with van der Waals surface area (Å²) in [7, 11) is 0. The van der Waals surface area contributed by atoms with Crippen LogP contribution in [0.1, 0.15) is 49.7 Å². The summed E-state index contributed by atoms with van der Waals surface area (Å²) in [4.78, 5) is 0. The molecule has 2 aliphatic rings. The van der Waals surface area contributed by atoms with Crippen LogP contribution in [-0.4, -0.2) is 38.6 Å². The molecule has 2 saturated heterocycles. The molecule has 0 spiro atoms. The first-order valence-electron chi connectivity index (χ1n) is 18.0. The first-order valence-corrected chi connectivity index (χ1v) is 18.0. The molecule has 2 atom stereocenters. The summed E-state index contributed by atoms with van der Waals surface area (Å²) in [6.45, 7) is 4.37. The molecular formula is C44H46O6. The Hall–Kier alpha value is -4.78. The molecule has 5 aromatic rings. The summed E-state index contributed by atoms with van der Waals surface area (Å²) in [5.41, 5.74) is 6.82. The van der Waals surface area contributed by atoms with Crippen LogP contribution in [0.4, 0.5) is 0 Å². The Morgan fingerprint density at radius 3 is 0.980 bits per heavy atom.